The van der Waals surface area contributed by atoms with Gasteiger partial charge in [0.15, 0.2) is 0 Å². The highest BCUT2D eigenvalue weighted by Gasteiger charge is 2.19. The molecule has 1 atom stereocenters. The summed E-state index contributed by atoms with van der Waals surface area (Å²) in [5.74, 6) is -1.11. The molecule has 2 aromatic rings. The predicted octanol–water partition coefficient (Wildman–Crippen LogP) is 4.47. The van der Waals surface area contributed by atoms with Crippen molar-refractivity contribution in [2.75, 3.05) is 6.61 Å². The summed E-state index contributed by atoms with van der Waals surface area (Å²) in [4.78, 5) is 11.4. The Morgan fingerprint density at radius 3 is 2.43 bits per heavy atom. The Hall–Kier alpha value is -2.36. The van der Waals surface area contributed by atoms with E-state index >= 15 is 0 Å². The fourth-order valence-electron chi connectivity index (χ4n) is 2.41. The molecule has 0 spiro atoms. The molecule has 2 rings (SSSR count). The van der Waals surface area contributed by atoms with Crippen LogP contribution >= 0.6 is 0 Å². The van der Waals surface area contributed by atoms with E-state index in [1.54, 1.807) is 0 Å². The predicted molar refractivity (Wildman–Crippen MR) is 87.4 cm³/mol. The molecule has 2 aromatic carbocycles. The average molecular weight is 316 g/mol. The lowest BCUT2D eigenvalue weighted by atomic mass is 9.94. The SMILES string of the molecule is Cc1ccc(OCCCC(C(=O)O)c2ccc(F)cc2)cc1C. The molecule has 23 heavy (non-hydrogen) atoms. The second-order valence-corrected chi connectivity index (χ2v) is 5.68. The van der Waals surface area contributed by atoms with Gasteiger partial charge in [0.1, 0.15) is 11.6 Å². The minimum atomic E-state index is -0.900. The summed E-state index contributed by atoms with van der Waals surface area (Å²) in [5, 5.41) is 9.34. The highest BCUT2D eigenvalue weighted by Crippen LogP contribution is 2.23. The van der Waals surface area contributed by atoms with E-state index in [0.29, 0.717) is 25.0 Å². The number of carbonyl (C=O) groups is 1. The third kappa shape index (κ3) is 4.81. The van der Waals surface area contributed by atoms with Gasteiger partial charge in [-0.3, -0.25) is 4.79 Å². The maximum atomic E-state index is 12.9. The van der Waals surface area contributed by atoms with E-state index in [9.17, 15) is 14.3 Å². The minimum Gasteiger partial charge on any atom is -0.494 e. The largest absolute Gasteiger partial charge is 0.494 e. The van der Waals surface area contributed by atoms with Gasteiger partial charge in [0.05, 0.1) is 12.5 Å². The number of hydrogen-bond donors (Lipinski definition) is 1. The van der Waals surface area contributed by atoms with Crippen molar-refractivity contribution in [2.45, 2.75) is 32.6 Å². The van der Waals surface area contributed by atoms with Crippen LogP contribution in [0.25, 0.3) is 0 Å². The zero-order chi connectivity index (χ0) is 16.8. The first-order chi connectivity index (χ1) is 11.0. The number of ether oxygens (including phenoxy) is 1. The molecular formula is C19H21FO3. The van der Waals surface area contributed by atoms with Crippen molar-refractivity contribution in [1.29, 1.82) is 0 Å². The van der Waals surface area contributed by atoms with Crippen LogP contribution in [-0.4, -0.2) is 17.7 Å². The lowest BCUT2D eigenvalue weighted by Gasteiger charge is -2.13. The molecule has 0 saturated carbocycles. The van der Waals surface area contributed by atoms with Crippen LogP contribution in [-0.2, 0) is 4.79 Å². The van der Waals surface area contributed by atoms with Crippen molar-refractivity contribution >= 4 is 5.97 Å². The van der Waals surface area contributed by atoms with Gasteiger partial charge < -0.3 is 9.84 Å². The molecule has 3 nitrogen and oxygen atoms in total. The van der Waals surface area contributed by atoms with Crippen LogP contribution in [0.2, 0.25) is 0 Å². The third-order valence-electron chi connectivity index (χ3n) is 3.95. The second kappa shape index (κ2) is 7.77. The van der Waals surface area contributed by atoms with Crippen molar-refractivity contribution in [3.05, 3.63) is 65.0 Å². The molecule has 0 radical (unpaired) electrons. The first kappa shape index (κ1) is 17.0. The van der Waals surface area contributed by atoms with E-state index in [2.05, 4.69) is 0 Å². The molecule has 0 aliphatic rings. The van der Waals surface area contributed by atoms with E-state index in [1.165, 1.54) is 29.8 Å². The summed E-state index contributed by atoms with van der Waals surface area (Å²) in [6.07, 6.45) is 1.06. The zero-order valence-electron chi connectivity index (χ0n) is 13.4. The average Bonchev–Trinajstić information content (AvgIpc) is 2.51. The van der Waals surface area contributed by atoms with E-state index in [-0.39, 0.29) is 5.82 Å². The third-order valence-corrected chi connectivity index (χ3v) is 3.95. The van der Waals surface area contributed by atoms with Gasteiger partial charge in [-0.05, 0) is 67.6 Å². The van der Waals surface area contributed by atoms with Crippen LogP contribution in [0.15, 0.2) is 42.5 Å². The van der Waals surface area contributed by atoms with Crippen molar-refractivity contribution in [3.8, 4) is 5.75 Å². The first-order valence-corrected chi connectivity index (χ1v) is 7.65. The lowest BCUT2D eigenvalue weighted by molar-refractivity contribution is -0.139. The summed E-state index contributed by atoms with van der Waals surface area (Å²) >= 11 is 0. The fraction of sp³-hybridized carbons (Fsp3) is 0.316. The molecule has 1 unspecified atom stereocenters. The Morgan fingerprint density at radius 1 is 1.13 bits per heavy atom. The summed E-state index contributed by atoms with van der Waals surface area (Å²) in [5.41, 5.74) is 2.99. The first-order valence-electron chi connectivity index (χ1n) is 7.65. The van der Waals surface area contributed by atoms with Gasteiger partial charge in [-0.2, -0.15) is 0 Å². The van der Waals surface area contributed by atoms with Crippen molar-refractivity contribution in [3.63, 3.8) is 0 Å². The van der Waals surface area contributed by atoms with Crippen LogP contribution in [0, 0.1) is 19.7 Å². The lowest BCUT2D eigenvalue weighted by Crippen LogP contribution is -2.13. The molecule has 122 valence electrons. The van der Waals surface area contributed by atoms with Crippen LogP contribution in [0.3, 0.4) is 0 Å². The summed E-state index contributed by atoms with van der Waals surface area (Å²) in [6, 6.07) is 11.5. The fourth-order valence-corrected chi connectivity index (χ4v) is 2.41. The molecule has 4 heteroatoms. The minimum absolute atomic E-state index is 0.365. The van der Waals surface area contributed by atoms with Gasteiger partial charge >= 0.3 is 5.97 Å². The van der Waals surface area contributed by atoms with Gasteiger partial charge in [-0.25, -0.2) is 4.39 Å². The van der Waals surface area contributed by atoms with E-state index in [1.807, 2.05) is 32.0 Å². The molecule has 0 saturated heterocycles. The number of aryl methyl sites for hydroxylation is 2. The summed E-state index contributed by atoms with van der Waals surface area (Å²) in [7, 11) is 0. The highest BCUT2D eigenvalue weighted by atomic mass is 19.1. The molecule has 0 fully saturated rings. The molecule has 1 N–H and O–H groups in total. The summed E-state index contributed by atoms with van der Waals surface area (Å²) in [6.45, 7) is 4.52. The topological polar surface area (TPSA) is 46.5 Å². The monoisotopic (exact) mass is 316 g/mol. The van der Waals surface area contributed by atoms with Crippen LogP contribution in [0.4, 0.5) is 4.39 Å². The number of carboxylic acids is 1. The number of carboxylic acid groups (broad SMARTS) is 1. The summed E-state index contributed by atoms with van der Waals surface area (Å²) < 4.78 is 18.6. The number of hydrogen-bond acceptors (Lipinski definition) is 2. The van der Waals surface area contributed by atoms with Crippen molar-refractivity contribution in [1.82, 2.24) is 0 Å². The van der Waals surface area contributed by atoms with Crippen LogP contribution in [0.1, 0.15) is 35.4 Å². The Labute approximate surface area is 135 Å². The van der Waals surface area contributed by atoms with Crippen LogP contribution in [0.5, 0.6) is 5.75 Å². The number of rotatable bonds is 7. The number of halogens is 1. The smallest absolute Gasteiger partial charge is 0.310 e. The van der Waals surface area contributed by atoms with Gasteiger partial charge in [0.2, 0.25) is 0 Å². The molecule has 0 aliphatic carbocycles. The van der Waals surface area contributed by atoms with Gasteiger partial charge in [0, 0.05) is 0 Å². The Kier molecular flexibility index (Phi) is 5.74. The van der Waals surface area contributed by atoms with Crippen molar-refractivity contribution in [2.24, 2.45) is 0 Å². The van der Waals surface area contributed by atoms with E-state index in [4.69, 9.17) is 4.74 Å². The molecule has 0 aliphatic heterocycles. The van der Waals surface area contributed by atoms with Crippen LogP contribution < -0.4 is 4.74 Å². The molecule has 0 bridgehead atoms. The maximum Gasteiger partial charge on any atom is 0.310 e. The molecule has 0 amide bonds. The van der Waals surface area contributed by atoms with E-state index < -0.39 is 11.9 Å². The normalized spacial score (nSPS) is 12.0. The quantitative estimate of drug-likeness (QED) is 0.767. The molecule has 0 aromatic heterocycles. The Morgan fingerprint density at radius 2 is 1.83 bits per heavy atom. The van der Waals surface area contributed by atoms with E-state index in [0.717, 1.165) is 11.3 Å². The Balaban J connectivity index is 1.88. The number of aliphatic carboxylic acids is 1. The Bertz CT molecular complexity index is 665. The second-order valence-electron chi connectivity index (χ2n) is 5.68. The van der Waals surface area contributed by atoms with Gasteiger partial charge in [-0.15, -0.1) is 0 Å². The number of benzene rings is 2. The highest BCUT2D eigenvalue weighted by molar-refractivity contribution is 5.75. The van der Waals surface area contributed by atoms with Gasteiger partial charge in [0.25, 0.3) is 0 Å². The molecular weight excluding hydrogens is 295 g/mol. The zero-order valence-corrected chi connectivity index (χ0v) is 13.4. The van der Waals surface area contributed by atoms with Gasteiger partial charge in [-0.1, -0.05) is 18.2 Å². The standard InChI is InChI=1S/C19H21FO3/c1-13-5-10-17(12-14(13)2)23-11-3-4-18(19(21)22)15-6-8-16(20)9-7-15/h5-10,12,18H,3-4,11H2,1-2H3,(H,21,22). The maximum absolute atomic E-state index is 12.9. The molecule has 0 heterocycles. The van der Waals surface area contributed by atoms with Crippen molar-refractivity contribution < 1.29 is 19.0 Å².